The molecule has 82 valence electrons. The van der Waals surface area contributed by atoms with Crippen LogP contribution in [0.25, 0.3) is 0 Å². The summed E-state index contributed by atoms with van der Waals surface area (Å²) in [6.07, 6.45) is -1.01. The number of Topliss-reactive ketones (excluding diaryl/α,β-unsaturated/α-hetero) is 1. The summed E-state index contributed by atoms with van der Waals surface area (Å²) < 4.78 is 0.874. The number of rotatable bonds is 3. The molecule has 0 fully saturated rings. The van der Waals surface area contributed by atoms with Crippen LogP contribution >= 0.6 is 15.9 Å². The Morgan fingerprint density at radius 3 is 2.53 bits per heavy atom. The number of aliphatic hydroxyl groups excluding tert-OH is 1. The van der Waals surface area contributed by atoms with Crippen molar-refractivity contribution in [3.05, 3.63) is 33.8 Å². The third kappa shape index (κ3) is 2.89. The van der Waals surface area contributed by atoms with Gasteiger partial charge in [-0.1, -0.05) is 35.8 Å². The molecule has 0 saturated carbocycles. The van der Waals surface area contributed by atoms with E-state index in [9.17, 15) is 9.90 Å². The number of hydrogen-bond donors (Lipinski definition) is 1. The Labute approximate surface area is 98.4 Å². The molecule has 2 nitrogen and oxygen atoms in total. The number of aliphatic hydroxyl groups is 1. The second-order valence-electron chi connectivity index (χ2n) is 3.96. The van der Waals surface area contributed by atoms with Crippen LogP contribution < -0.4 is 0 Å². The molecule has 1 unspecified atom stereocenters. The van der Waals surface area contributed by atoms with Gasteiger partial charge in [-0.2, -0.15) is 0 Å². The monoisotopic (exact) mass is 270 g/mol. The van der Waals surface area contributed by atoms with Gasteiger partial charge in [0, 0.05) is 10.4 Å². The maximum absolute atomic E-state index is 11.6. The van der Waals surface area contributed by atoms with Crippen molar-refractivity contribution >= 4 is 21.7 Å². The summed E-state index contributed by atoms with van der Waals surface area (Å²) >= 11 is 3.33. The lowest BCUT2D eigenvalue weighted by Gasteiger charge is -2.15. The second-order valence-corrected chi connectivity index (χ2v) is 4.88. The minimum atomic E-state index is -1.01. The maximum atomic E-state index is 11.6. The van der Waals surface area contributed by atoms with Gasteiger partial charge in [0.15, 0.2) is 5.78 Å². The summed E-state index contributed by atoms with van der Waals surface area (Å²) in [5.74, 6) is -0.297. The van der Waals surface area contributed by atoms with E-state index in [-0.39, 0.29) is 11.7 Å². The van der Waals surface area contributed by atoms with Crippen LogP contribution in [0.4, 0.5) is 0 Å². The quantitative estimate of drug-likeness (QED) is 0.917. The molecule has 1 N–H and O–H groups in total. The molecule has 0 aliphatic heterocycles. The highest BCUT2D eigenvalue weighted by Gasteiger charge is 2.21. The van der Waals surface area contributed by atoms with E-state index in [4.69, 9.17) is 0 Å². The number of carbonyl (C=O) groups excluding carboxylic acids is 1. The summed E-state index contributed by atoms with van der Waals surface area (Å²) in [6, 6.07) is 5.57. The summed E-state index contributed by atoms with van der Waals surface area (Å²) in [6.45, 7) is 5.47. The van der Waals surface area contributed by atoms with Crippen molar-refractivity contribution < 1.29 is 9.90 Å². The largest absolute Gasteiger partial charge is 0.381 e. The van der Waals surface area contributed by atoms with E-state index >= 15 is 0 Å². The van der Waals surface area contributed by atoms with Crippen LogP contribution in [0.5, 0.6) is 0 Å². The third-order valence-corrected chi connectivity index (χ3v) is 2.87. The zero-order valence-electron chi connectivity index (χ0n) is 9.12. The molecule has 0 bridgehead atoms. The van der Waals surface area contributed by atoms with Gasteiger partial charge in [0.05, 0.1) is 0 Å². The minimum absolute atomic E-state index is 0.142. The van der Waals surface area contributed by atoms with Crippen LogP contribution in [0.1, 0.15) is 31.1 Å². The van der Waals surface area contributed by atoms with Crippen molar-refractivity contribution in [1.29, 1.82) is 0 Å². The van der Waals surface area contributed by atoms with E-state index < -0.39 is 6.10 Å². The molecule has 1 aromatic carbocycles. The van der Waals surface area contributed by atoms with Crippen molar-refractivity contribution in [2.75, 3.05) is 0 Å². The van der Waals surface area contributed by atoms with Gasteiger partial charge >= 0.3 is 0 Å². The molecule has 0 spiro atoms. The number of carbonyl (C=O) groups is 1. The molecule has 0 aliphatic rings. The molecule has 3 heteroatoms. The van der Waals surface area contributed by atoms with Gasteiger partial charge in [-0.3, -0.25) is 4.79 Å². The Balaban J connectivity index is 3.05. The van der Waals surface area contributed by atoms with Crippen LogP contribution in [0.2, 0.25) is 0 Å². The highest BCUT2D eigenvalue weighted by atomic mass is 79.9. The van der Waals surface area contributed by atoms with Gasteiger partial charge in [0.1, 0.15) is 6.10 Å². The number of ketones is 1. The number of halogens is 1. The fraction of sp³-hybridized carbons (Fsp3) is 0.417. The SMILES string of the molecule is Cc1ccc(Br)cc1C(O)C(=O)C(C)C. The van der Waals surface area contributed by atoms with Crippen molar-refractivity contribution in [3.63, 3.8) is 0 Å². The molecule has 0 radical (unpaired) electrons. The van der Waals surface area contributed by atoms with Crippen LogP contribution in [0, 0.1) is 12.8 Å². The Morgan fingerprint density at radius 2 is 2.00 bits per heavy atom. The summed E-state index contributed by atoms with van der Waals surface area (Å²) in [5, 5.41) is 9.89. The first-order valence-electron chi connectivity index (χ1n) is 4.91. The van der Waals surface area contributed by atoms with Crippen molar-refractivity contribution in [3.8, 4) is 0 Å². The van der Waals surface area contributed by atoms with E-state index in [0.717, 1.165) is 10.0 Å². The van der Waals surface area contributed by atoms with Crippen LogP contribution in [0.15, 0.2) is 22.7 Å². The third-order valence-electron chi connectivity index (χ3n) is 2.37. The first kappa shape index (κ1) is 12.4. The van der Waals surface area contributed by atoms with Gasteiger partial charge in [0.25, 0.3) is 0 Å². The van der Waals surface area contributed by atoms with Gasteiger partial charge in [-0.25, -0.2) is 0 Å². The molecule has 0 aromatic heterocycles. The van der Waals surface area contributed by atoms with Crippen LogP contribution in [-0.2, 0) is 4.79 Å². The lowest BCUT2D eigenvalue weighted by atomic mass is 9.95. The van der Waals surface area contributed by atoms with E-state index in [1.54, 1.807) is 19.9 Å². The first-order chi connectivity index (χ1) is 6.93. The summed E-state index contributed by atoms with van der Waals surface area (Å²) in [7, 11) is 0. The fourth-order valence-electron chi connectivity index (χ4n) is 1.37. The van der Waals surface area contributed by atoms with Gasteiger partial charge in [-0.15, -0.1) is 0 Å². The van der Waals surface area contributed by atoms with Gasteiger partial charge in [-0.05, 0) is 30.2 Å². The Hall–Kier alpha value is -0.670. The lowest BCUT2D eigenvalue weighted by Crippen LogP contribution is -2.18. The highest BCUT2D eigenvalue weighted by molar-refractivity contribution is 9.10. The van der Waals surface area contributed by atoms with Crippen LogP contribution in [-0.4, -0.2) is 10.9 Å². The Bertz CT molecular complexity index is 372. The molecular weight excluding hydrogens is 256 g/mol. The molecule has 0 amide bonds. The zero-order valence-corrected chi connectivity index (χ0v) is 10.7. The number of aryl methyl sites for hydroxylation is 1. The van der Waals surface area contributed by atoms with Crippen molar-refractivity contribution in [2.45, 2.75) is 26.9 Å². The Kier molecular flexibility index (Phi) is 4.05. The minimum Gasteiger partial charge on any atom is -0.381 e. The molecule has 1 rings (SSSR count). The molecule has 15 heavy (non-hydrogen) atoms. The average molecular weight is 271 g/mol. The lowest BCUT2D eigenvalue weighted by molar-refractivity contribution is -0.130. The van der Waals surface area contributed by atoms with E-state index in [1.807, 2.05) is 19.1 Å². The van der Waals surface area contributed by atoms with Crippen LogP contribution in [0.3, 0.4) is 0 Å². The fourth-order valence-corrected chi connectivity index (χ4v) is 1.75. The van der Waals surface area contributed by atoms with Crippen molar-refractivity contribution in [2.24, 2.45) is 5.92 Å². The van der Waals surface area contributed by atoms with Gasteiger partial charge < -0.3 is 5.11 Å². The normalized spacial score (nSPS) is 12.9. The number of hydrogen-bond acceptors (Lipinski definition) is 2. The predicted molar refractivity (Wildman–Crippen MR) is 63.7 cm³/mol. The number of benzene rings is 1. The molecule has 1 atom stereocenters. The predicted octanol–water partition coefficient (Wildman–Crippen LogP) is 3.02. The molecule has 1 aromatic rings. The molecule has 0 heterocycles. The summed E-state index contributed by atoms with van der Waals surface area (Å²) in [4.78, 5) is 11.6. The molecule has 0 saturated heterocycles. The average Bonchev–Trinajstić information content (AvgIpc) is 2.19. The van der Waals surface area contributed by atoms with Crippen molar-refractivity contribution in [1.82, 2.24) is 0 Å². The summed E-state index contributed by atoms with van der Waals surface area (Å²) in [5.41, 5.74) is 1.61. The highest BCUT2D eigenvalue weighted by Crippen LogP contribution is 2.24. The topological polar surface area (TPSA) is 37.3 Å². The maximum Gasteiger partial charge on any atom is 0.168 e. The van der Waals surface area contributed by atoms with E-state index in [2.05, 4.69) is 15.9 Å². The van der Waals surface area contributed by atoms with E-state index in [1.165, 1.54) is 0 Å². The standard InChI is InChI=1S/C12H15BrO2/c1-7(2)11(14)12(15)10-6-9(13)5-4-8(10)3/h4-7,12,15H,1-3H3. The smallest absolute Gasteiger partial charge is 0.168 e. The van der Waals surface area contributed by atoms with E-state index in [0.29, 0.717) is 5.56 Å². The second kappa shape index (κ2) is 4.90. The zero-order chi connectivity index (χ0) is 11.6. The molecule has 0 aliphatic carbocycles. The van der Waals surface area contributed by atoms with Gasteiger partial charge in [0.2, 0.25) is 0 Å². The Morgan fingerprint density at radius 1 is 1.40 bits per heavy atom. The molecular formula is C12H15BrO2. The first-order valence-corrected chi connectivity index (χ1v) is 5.70.